The van der Waals surface area contributed by atoms with Gasteiger partial charge in [0.2, 0.25) is 0 Å². The molecule has 0 saturated carbocycles. The molecule has 0 spiro atoms. The first-order valence-corrected chi connectivity index (χ1v) is 5.55. The number of carbonyl (C=O) groups is 1. The van der Waals surface area contributed by atoms with Gasteiger partial charge in [-0.15, -0.1) is 0 Å². The average molecular weight is 289 g/mol. The van der Waals surface area contributed by atoms with Crippen molar-refractivity contribution in [3.63, 3.8) is 0 Å². The highest BCUT2D eigenvalue weighted by Crippen LogP contribution is 2.32. The SMILES string of the molecule is C=C(C1=C/C(=C(/N)C(=O)OCC)N(N)C=C1)C(F)(F)F. The van der Waals surface area contributed by atoms with Gasteiger partial charge in [0.1, 0.15) is 5.70 Å². The molecule has 0 bridgehead atoms. The molecule has 110 valence electrons. The molecule has 20 heavy (non-hydrogen) atoms. The predicted octanol–water partition coefficient (Wildman–Crippen LogP) is 1.47. The zero-order chi connectivity index (χ0) is 15.5. The number of hydrogen-bond donors (Lipinski definition) is 2. The van der Waals surface area contributed by atoms with Crippen LogP contribution in [0, 0.1) is 0 Å². The Kier molecular flexibility index (Phi) is 4.61. The lowest BCUT2D eigenvalue weighted by atomic mass is 10.0. The van der Waals surface area contributed by atoms with Gasteiger partial charge in [-0.05, 0) is 24.6 Å². The van der Waals surface area contributed by atoms with Crippen molar-refractivity contribution < 1.29 is 22.7 Å². The second kappa shape index (κ2) is 5.83. The van der Waals surface area contributed by atoms with Crippen LogP contribution in [0.5, 0.6) is 0 Å². The summed E-state index contributed by atoms with van der Waals surface area (Å²) in [4.78, 5) is 11.5. The summed E-state index contributed by atoms with van der Waals surface area (Å²) in [5, 5.41) is 0.930. The molecule has 0 fully saturated rings. The summed E-state index contributed by atoms with van der Waals surface area (Å²) in [6.45, 7) is 4.62. The van der Waals surface area contributed by atoms with E-state index in [1.54, 1.807) is 6.92 Å². The minimum atomic E-state index is -4.59. The maximum Gasteiger partial charge on any atom is 0.416 e. The molecule has 0 aromatic carbocycles. The van der Waals surface area contributed by atoms with Crippen LogP contribution in [-0.4, -0.2) is 23.8 Å². The largest absolute Gasteiger partial charge is 0.461 e. The fourth-order valence-electron chi connectivity index (χ4n) is 1.39. The molecule has 0 aliphatic carbocycles. The quantitative estimate of drug-likeness (QED) is 0.467. The first-order valence-electron chi connectivity index (χ1n) is 5.55. The summed E-state index contributed by atoms with van der Waals surface area (Å²) >= 11 is 0. The van der Waals surface area contributed by atoms with Crippen molar-refractivity contribution >= 4 is 5.97 Å². The molecule has 0 aromatic heterocycles. The van der Waals surface area contributed by atoms with Crippen molar-refractivity contribution in [3.8, 4) is 0 Å². The maximum atomic E-state index is 12.6. The van der Waals surface area contributed by atoms with Gasteiger partial charge in [0, 0.05) is 6.20 Å². The molecular formula is C12H14F3N3O2. The molecule has 0 radical (unpaired) electrons. The van der Waals surface area contributed by atoms with Crippen molar-refractivity contribution in [1.29, 1.82) is 0 Å². The zero-order valence-corrected chi connectivity index (χ0v) is 10.7. The van der Waals surface area contributed by atoms with Gasteiger partial charge in [-0.3, -0.25) is 5.01 Å². The Bertz CT molecular complexity index is 519. The minimum Gasteiger partial charge on any atom is -0.461 e. The van der Waals surface area contributed by atoms with E-state index in [4.69, 9.17) is 11.6 Å². The third-order valence-corrected chi connectivity index (χ3v) is 2.45. The highest BCUT2D eigenvalue weighted by Gasteiger charge is 2.34. The van der Waals surface area contributed by atoms with Crippen LogP contribution >= 0.6 is 0 Å². The number of hydrazine groups is 1. The normalized spacial score (nSPS) is 17.6. The smallest absolute Gasteiger partial charge is 0.416 e. The van der Waals surface area contributed by atoms with Crippen LogP contribution in [0.2, 0.25) is 0 Å². The molecule has 1 aliphatic heterocycles. The highest BCUT2D eigenvalue weighted by atomic mass is 19.4. The molecule has 1 aliphatic rings. The topological polar surface area (TPSA) is 81.6 Å². The first-order chi connectivity index (χ1) is 9.18. The molecule has 1 heterocycles. The Balaban J connectivity index is 3.18. The van der Waals surface area contributed by atoms with E-state index >= 15 is 0 Å². The number of allylic oxidation sites excluding steroid dienone is 4. The van der Waals surface area contributed by atoms with Crippen LogP contribution in [0.1, 0.15) is 6.92 Å². The van der Waals surface area contributed by atoms with Gasteiger partial charge in [-0.1, -0.05) is 6.58 Å². The van der Waals surface area contributed by atoms with Crippen molar-refractivity contribution in [2.45, 2.75) is 13.1 Å². The molecule has 5 nitrogen and oxygen atoms in total. The Hall–Kier alpha value is -2.22. The lowest BCUT2D eigenvalue weighted by Crippen LogP contribution is -2.31. The number of esters is 1. The molecule has 0 atom stereocenters. The molecule has 0 aromatic rings. The predicted molar refractivity (Wildman–Crippen MR) is 66.3 cm³/mol. The zero-order valence-electron chi connectivity index (χ0n) is 10.7. The molecule has 0 unspecified atom stereocenters. The van der Waals surface area contributed by atoms with E-state index in [1.165, 1.54) is 0 Å². The van der Waals surface area contributed by atoms with E-state index in [2.05, 4.69) is 11.3 Å². The van der Waals surface area contributed by atoms with Crippen molar-refractivity contribution in [2.24, 2.45) is 11.6 Å². The lowest BCUT2D eigenvalue weighted by Gasteiger charge is -2.23. The summed E-state index contributed by atoms with van der Waals surface area (Å²) < 4.78 is 42.4. The van der Waals surface area contributed by atoms with Crippen LogP contribution in [0.15, 0.2) is 47.5 Å². The van der Waals surface area contributed by atoms with Gasteiger partial charge in [0.05, 0.1) is 17.9 Å². The van der Waals surface area contributed by atoms with Crippen LogP contribution in [0.4, 0.5) is 13.2 Å². The van der Waals surface area contributed by atoms with Gasteiger partial charge in [-0.2, -0.15) is 13.2 Å². The third kappa shape index (κ3) is 3.41. The molecule has 1 rings (SSSR count). The Morgan fingerprint density at radius 3 is 2.60 bits per heavy atom. The van der Waals surface area contributed by atoms with E-state index in [0.717, 1.165) is 23.4 Å². The van der Waals surface area contributed by atoms with Gasteiger partial charge in [-0.25, -0.2) is 10.6 Å². The molecule has 0 amide bonds. The van der Waals surface area contributed by atoms with Crippen LogP contribution in [0.3, 0.4) is 0 Å². The summed E-state index contributed by atoms with van der Waals surface area (Å²) in [5.74, 6) is 4.67. The number of ether oxygens (including phenoxy) is 1. The number of rotatable bonds is 3. The molecule has 4 N–H and O–H groups in total. The number of carbonyl (C=O) groups excluding carboxylic acids is 1. The fourth-order valence-corrected chi connectivity index (χ4v) is 1.39. The Labute approximate surface area is 113 Å². The van der Waals surface area contributed by atoms with Crippen LogP contribution in [-0.2, 0) is 9.53 Å². The summed E-state index contributed by atoms with van der Waals surface area (Å²) in [6.07, 6.45) is -1.29. The standard InChI is InChI=1S/C12H14F3N3O2/c1-3-20-11(19)10(16)9-6-8(4-5-18(9)17)7(2)12(13,14)15/h4-6H,2-3,16-17H2,1H3/b10-9-. The molecule has 0 saturated heterocycles. The van der Waals surface area contributed by atoms with Gasteiger partial charge >= 0.3 is 12.1 Å². The number of halogens is 3. The van der Waals surface area contributed by atoms with Crippen molar-refractivity contribution in [1.82, 2.24) is 5.01 Å². The fraction of sp³-hybridized carbons (Fsp3) is 0.250. The van der Waals surface area contributed by atoms with E-state index < -0.39 is 17.7 Å². The van der Waals surface area contributed by atoms with E-state index in [0.29, 0.717) is 0 Å². The highest BCUT2D eigenvalue weighted by molar-refractivity contribution is 5.89. The number of nitrogens with zero attached hydrogens (tertiary/aromatic N) is 1. The summed E-state index contributed by atoms with van der Waals surface area (Å²) in [5.41, 5.74) is 3.77. The van der Waals surface area contributed by atoms with Gasteiger partial charge in [0.25, 0.3) is 0 Å². The maximum absolute atomic E-state index is 12.6. The van der Waals surface area contributed by atoms with Gasteiger partial charge in [0.15, 0.2) is 0 Å². The Morgan fingerprint density at radius 1 is 1.50 bits per heavy atom. The van der Waals surface area contributed by atoms with E-state index in [1.807, 2.05) is 0 Å². The van der Waals surface area contributed by atoms with Crippen LogP contribution < -0.4 is 11.6 Å². The number of alkyl halides is 3. The summed E-state index contributed by atoms with van der Waals surface area (Å²) in [7, 11) is 0. The number of hydrogen-bond acceptors (Lipinski definition) is 5. The van der Waals surface area contributed by atoms with E-state index in [-0.39, 0.29) is 23.6 Å². The van der Waals surface area contributed by atoms with Crippen LogP contribution in [0.25, 0.3) is 0 Å². The van der Waals surface area contributed by atoms with Crippen molar-refractivity contribution in [3.05, 3.63) is 47.5 Å². The molecule has 8 heteroatoms. The summed E-state index contributed by atoms with van der Waals surface area (Å²) in [6, 6.07) is 0. The lowest BCUT2D eigenvalue weighted by molar-refractivity contribution is -0.138. The second-order valence-corrected chi connectivity index (χ2v) is 3.82. The average Bonchev–Trinajstić information content (AvgIpc) is 2.37. The first kappa shape index (κ1) is 15.8. The van der Waals surface area contributed by atoms with Gasteiger partial charge < -0.3 is 10.5 Å². The third-order valence-electron chi connectivity index (χ3n) is 2.45. The second-order valence-electron chi connectivity index (χ2n) is 3.82. The van der Waals surface area contributed by atoms with E-state index in [9.17, 15) is 18.0 Å². The minimum absolute atomic E-state index is 0.0824. The Morgan fingerprint density at radius 2 is 2.10 bits per heavy atom. The monoisotopic (exact) mass is 289 g/mol. The van der Waals surface area contributed by atoms with Crippen molar-refractivity contribution in [2.75, 3.05) is 6.61 Å². The molecular weight excluding hydrogens is 275 g/mol. The number of nitrogens with two attached hydrogens (primary N) is 2.